The molecule has 1 saturated heterocycles. The van der Waals surface area contributed by atoms with E-state index in [0.29, 0.717) is 19.6 Å². The van der Waals surface area contributed by atoms with Gasteiger partial charge in [0.1, 0.15) is 0 Å². The molecule has 0 aliphatic carbocycles. The van der Waals surface area contributed by atoms with Crippen LogP contribution in [0.25, 0.3) is 0 Å². The number of carbonyl (C=O) groups is 2. The van der Waals surface area contributed by atoms with Gasteiger partial charge in [-0.25, -0.2) is 0 Å². The largest absolute Gasteiger partial charge is 0.354 e. The van der Waals surface area contributed by atoms with Crippen molar-refractivity contribution >= 4 is 11.8 Å². The third kappa shape index (κ3) is 5.55. The zero-order chi connectivity index (χ0) is 15.1. The van der Waals surface area contributed by atoms with Gasteiger partial charge < -0.3 is 10.6 Å². The van der Waals surface area contributed by atoms with Gasteiger partial charge in [-0.1, -0.05) is 30.3 Å². The highest BCUT2D eigenvalue weighted by molar-refractivity contribution is 5.81. The molecule has 1 aromatic rings. The molecule has 0 bridgehead atoms. The van der Waals surface area contributed by atoms with Crippen molar-refractivity contribution in [3.63, 3.8) is 0 Å². The molecule has 0 saturated carbocycles. The molecule has 0 aromatic heterocycles. The summed E-state index contributed by atoms with van der Waals surface area (Å²) in [6, 6.07) is 10.4. The van der Waals surface area contributed by atoms with Gasteiger partial charge in [0.2, 0.25) is 11.8 Å². The van der Waals surface area contributed by atoms with Gasteiger partial charge in [-0.05, 0) is 25.3 Å². The summed E-state index contributed by atoms with van der Waals surface area (Å²) in [7, 11) is 0. The van der Waals surface area contributed by atoms with Crippen molar-refractivity contribution in [1.82, 2.24) is 15.5 Å². The Balaban J connectivity index is 1.68. The highest BCUT2D eigenvalue weighted by Gasteiger charge is 2.19. The summed E-state index contributed by atoms with van der Waals surface area (Å²) in [5, 5.41) is 5.75. The van der Waals surface area contributed by atoms with Gasteiger partial charge in [0.25, 0.3) is 0 Å². The number of piperazine rings is 1. The van der Waals surface area contributed by atoms with Crippen LogP contribution in [0.3, 0.4) is 0 Å². The lowest BCUT2D eigenvalue weighted by Crippen LogP contribution is -2.51. The van der Waals surface area contributed by atoms with Crippen molar-refractivity contribution in [2.75, 3.05) is 26.2 Å². The summed E-state index contributed by atoms with van der Waals surface area (Å²) < 4.78 is 0. The molecule has 2 N–H and O–H groups in total. The Morgan fingerprint density at radius 3 is 2.86 bits per heavy atom. The zero-order valence-corrected chi connectivity index (χ0v) is 12.5. The van der Waals surface area contributed by atoms with Gasteiger partial charge >= 0.3 is 0 Å². The molecular weight excluding hydrogens is 266 g/mol. The summed E-state index contributed by atoms with van der Waals surface area (Å²) in [5.74, 6) is -0.0172. The minimum atomic E-state index is -0.00902. The summed E-state index contributed by atoms with van der Waals surface area (Å²) in [6.45, 7) is 3.98. The normalized spacial score (nSPS) is 17.1. The van der Waals surface area contributed by atoms with Crippen molar-refractivity contribution in [3.8, 4) is 0 Å². The smallest absolute Gasteiger partial charge is 0.234 e. The molecule has 5 heteroatoms. The van der Waals surface area contributed by atoms with Gasteiger partial charge in [0.15, 0.2) is 0 Å². The Bertz CT molecular complexity index is 476. The average Bonchev–Trinajstić information content (AvgIpc) is 2.46. The quantitative estimate of drug-likeness (QED) is 0.804. The standard InChI is InChI=1S/C16H23N3O2/c1-13(7-8-14-5-3-2-4-6-14)18-16(21)12-19-10-9-17-15(20)11-19/h2-6,13H,7-12H2,1H3,(H,17,20)(H,18,21)/t13-/m0/s1. The van der Waals surface area contributed by atoms with Crippen LogP contribution in [0.15, 0.2) is 30.3 Å². The molecule has 1 atom stereocenters. The number of hydrogen-bond donors (Lipinski definition) is 2. The second kappa shape index (κ2) is 7.78. The Kier molecular flexibility index (Phi) is 5.75. The second-order valence-electron chi connectivity index (χ2n) is 5.55. The highest BCUT2D eigenvalue weighted by Crippen LogP contribution is 2.04. The Hall–Kier alpha value is -1.88. The van der Waals surface area contributed by atoms with E-state index in [-0.39, 0.29) is 17.9 Å². The molecule has 5 nitrogen and oxygen atoms in total. The Labute approximate surface area is 125 Å². The molecular formula is C16H23N3O2. The summed E-state index contributed by atoms with van der Waals surface area (Å²) in [5.41, 5.74) is 1.28. The van der Waals surface area contributed by atoms with Crippen LogP contribution in [-0.4, -0.2) is 48.9 Å². The minimum absolute atomic E-state index is 0.00817. The van der Waals surface area contributed by atoms with Crippen LogP contribution in [0, 0.1) is 0 Å². The number of aryl methyl sites for hydroxylation is 1. The number of nitrogens with zero attached hydrogens (tertiary/aromatic N) is 1. The summed E-state index contributed by atoms with van der Waals surface area (Å²) in [6.07, 6.45) is 1.87. The number of rotatable bonds is 6. The van der Waals surface area contributed by atoms with Crippen LogP contribution in [0.4, 0.5) is 0 Å². The number of carbonyl (C=O) groups excluding carboxylic acids is 2. The van der Waals surface area contributed by atoms with Gasteiger partial charge in [0.05, 0.1) is 13.1 Å². The first-order valence-electron chi connectivity index (χ1n) is 7.46. The maximum Gasteiger partial charge on any atom is 0.234 e. The average molecular weight is 289 g/mol. The van der Waals surface area contributed by atoms with Crippen molar-refractivity contribution in [2.45, 2.75) is 25.8 Å². The maximum absolute atomic E-state index is 12.0. The third-order valence-corrected chi connectivity index (χ3v) is 3.60. The van der Waals surface area contributed by atoms with E-state index in [4.69, 9.17) is 0 Å². The van der Waals surface area contributed by atoms with Gasteiger partial charge in [-0.15, -0.1) is 0 Å². The topological polar surface area (TPSA) is 61.4 Å². The van der Waals surface area contributed by atoms with E-state index in [9.17, 15) is 9.59 Å². The molecule has 21 heavy (non-hydrogen) atoms. The summed E-state index contributed by atoms with van der Waals surface area (Å²) in [4.78, 5) is 25.1. The highest BCUT2D eigenvalue weighted by atomic mass is 16.2. The minimum Gasteiger partial charge on any atom is -0.354 e. The molecule has 1 heterocycles. The van der Waals surface area contributed by atoms with E-state index in [1.807, 2.05) is 30.0 Å². The molecule has 0 radical (unpaired) electrons. The lowest BCUT2D eigenvalue weighted by Gasteiger charge is -2.26. The van der Waals surface area contributed by atoms with Crippen molar-refractivity contribution in [1.29, 1.82) is 0 Å². The number of benzene rings is 1. The van der Waals surface area contributed by atoms with Gasteiger partial charge in [0, 0.05) is 19.1 Å². The summed E-state index contributed by atoms with van der Waals surface area (Å²) >= 11 is 0. The molecule has 1 aliphatic heterocycles. The van der Waals surface area contributed by atoms with Crippen LogP contribution < -0.4 is 10.6 Å². The lowest BCUT2D eigenvalue weighted by atomic mass is 10.1. The first-order chi connectivity index (χ1) is 10.1. The van der Waals surface area contributed by atoms with Crippen molar-refractivity contribution in [2.24, 2.45) is 0 Å². The maximum atomic E-state index is 12.0. The predicted molar refractivity (Wildman–Crippen MR) is 81.8 cm³/mol. The van der Waals surface area contributed by atoms with Crippen molar-refractivity contribution < 1.29 is 9.59 Å². The van der Waals surface area contributed by atoms with Crippen LogP contribution >= 0.6 is 0 Å². The number of nitrogens with one attached hydrogen (secondary N) is 2. The first kappa shape index (κ1) is 15.5. The second-order valence-corrected chi connectivity index (χ2v) is 5.55. The number of hydrogen-bond acceptors (Lipinski definition) is 3. The van der Waals surface area contributed by atoms with Gasteiger partial charge in [-0.3, -0.25) is 14.5 Å². The number of amides is 2. The lowest BCUT2D eigenvalue weighted by molar-refractivity contribution is -0.127. The van der Waals surface area contributed by atoms with E-state index in [1.165, 1.54) is 5.56 Å². The van der Waals surface area contributed by atoms with Crippen molar-refractivity contribution in [3.05, 3.63) is 35.9 Å². The molecule has 2 rings (SSSR count). The fourth-order valence-electron chi connectivity index (χ4n) is 2.45. The predicted octanol–water partition coefficient (Wildman–Crippen LogP) is 0.556. The molecule has 1 aromatic carbocycles. The van der Waals surface area contributed by atoms with E-state index < -0.39 is 0 Å². The SMILES string of the molecule is C[C@@H](CCc1ccccc1)NC(=O)CN1CCNC(=O)C1. The van der Waals surface area contributed by atoms with Crippen LogP contribution in [0.5, 0.6) is 0 Å². The molecule has 2 amide bonds. The molecule has 1 aliphatic rings. The molecule has 0 spiro atoms. The van der Waals surface area contributed by atoms with E-state index in [2.05, 4.69) is 22.8 Å². The Morgan fingerprint density at radius 1 is 1.38 bits per heavy atom. The third-order valence-electron chi connectivity index (χ3n) is 3.60. The molecule has 0 unspecified atom stereocenters. The van der Waals surface area contributed by atoms with Gasteiger partial charge in [-0.2, -0.15) is 0 Å². The zero-order valence-electron chi connectivity index (χ0n) is 12.5. The fraction of sp³-hybridized carbons (Fsp3) is 0.500. The van der Waals surface area contributed by atoms with Crippen LogP contribution in [-0.2, 0) is 16.0 Å². The van der Waals surface area contributed by atoms with E-state index in [0.717, 1.165) is 19.4 Å². The Morgan fingerprint density at radius 2 is 2.14 bits per heavy atom. The van der Waals surface area contributed by atoms with Crippen LogP contribution in [0.2, 0.25) is 0 Å². The van der Waals surface area contributed by atoms with E-state index >= 15 is 0 Å². The fourth-order valence-corrected chi connectivity index (χ4v) is 2.45. The first-order valence-corrected chi connectivity index (χ1v) is 7.46. The van der Waals surface area contributed by atoms with Crippen LogP contribution in [0.1, 0.15) is 18.9 Å². The molecule has 114 valence electrons. The van der Waals surface area contributed by atoms with E-state index in [1.54, 1.807) is 0 Å². The molecule has 1 fully saturated rings. The monoisotopic (exact) mass is 289 g/mol.